The van der Waals surface area contributed by atoms with Gasteiger partial charge in [0.2, 0.25) is 5.91 Å². The number of hydrogen-bond donors (Lipinski definition) is 3. The fraction of sp³-hybridized carbons (Fsp3) is 0.667. The van der Waals surface area contributed by atoms with E-state index in [0.717, 1.165) is 6.42 Å². The zero-order valence-corrected chi connectivity index (χ0v) is 13.1. The minimum absolute atomic E-state index is 0.117. The van der Waals surface area contributed by atoms with Gasteiger partial charge in [-0.25, -0.2) is 4.79 Å². The fourth-order valence-electron chi connectivity index (χ4n) is 1.73. The van der Waals surface area contributed by atoms with Crippen molar-refractivity contribution in [2.24, 2.45) is 5.92 Å². The van der Waals surface area contributed by atoms with Crippen molar-refractivity contribution in [2.75, 3.05) is 13.2 Å². The van der Waals surface area contributed by atoms with Gasteiger partial charge >= 0.3 is 11.9 Å². The Morgan fingerprint density at radius 1 is 1.27 bits per heavy atom. The summed E-state index contributed by atoms with van der Waals surface area (Å²) in [6.07, 6.45) is 1.40. The van der Waals surface area contributed by atoms with Gasteiger partial charge in [-0.05, 0) is 19.3 Å². The summed E-state index contributed by atoms with van der Waals surface area (Å²) >= 11 is 0. The molecule has 0 spiro atoms. The standard InChI is InChI=1S/C15H25NO6/c1-4-12(8-10(2)14(18)19)22-7-5-6-16-13(17)9-11(3)15(20)21/h10,12H,3-9H2,1-2H3,(H,16,17)(H,18,19)(H,20,21). The number of amides is 1. The van der Waals surface area contributed by atoms with E-state index in [9.17, 15) is 14.4 Å². The summed E-state index contributed by atoms with van der Waals surface area (Å²) in [5, 5.41) is 20.0. The number of aliphatic carboxylic acids is 2. The van der Waals surface area contributed by atoms with Crippen molar-refractivity contribution < 1.29 is 29.3 Å². The molecule has 0 bridgehead atoms. The van der Waals surface area contributed by atoms with Gasteiger partial charge in [0.05, 0.1) is 18.4 Å². The molecule has 0 aromatic rings. The molecule has 0 aliphatic carbocycles. The van der Waals surface area contributed by atoms with Crippen LogP contribution in [0, 0.1) is 5.92 Å². The van der Waals surface area contributed by atoms with Crippen molar-refractivity contribution in [3.63, 3.8) is 0 Å². The predicted octanol–water partition coefficient (Wildman–Crippen LogP) is 1.43. The lowest BCUT2D eigenvalue weighted by Crippen LogP contribution is -2.27. The van der Waals surface area contributed by atoms with Crippen molar-refractivity contribution in [3.8, 4) is 0 Å². The van der Waals surface area contributed by atoms with E-state index >= 15 is 0 Å². The first kappa shape index (κ1) is 20.1. The Morgan fingerprint density at radius 2 is 1.91 bits per heavy atom. The molecular weight excluding hydrogens is 290 g/mol. The van der Waals surface area contributed by atoms with Gasteiger partial charge in [-0.1, -0.05) is 20.4 Å². The highest BCUT2D eigenvalue weighted by atomic mass is 16.5. The summed E-state index contributed by atoms with van der Waals surface area (Å²) in [6.45, 7) is 7.63. The van der Waals surface area contributed by atoms with Crippen molar-refractivity contribution in [1.29, 1.82) is 0 Å². The minimum atomic E-state index is -1.18. The summed E-state index contributed by atoms with van der Waals surface area (Å²) in [4.78, 5) is 32.7. The molecule has 0 radical (unpaired) electrons. The first-order chi connectivity index (χ1) is 10.3. The molecule has 0 aromatic carbocycles. The second-order valence-corrected chi connectivity index (χ2v) is 5.17. The number of nitrogens with one attached hydrogen (secondary N) is 1. The zero-order valence-electron chi connectivity index (χ0n) is 13.1. The second kappa shape index (κ2) is 10.8. The second-order valence-electron chi connectivity index (χ2n) is 5.17. The number of rotatable bonds is 12. The molecule has 0 aromatic heterocycles. The van der Waals surface area contributed by atoms with Crippen LogP contribution in [0.2, 0.25) is 0 Å². The average Bonchev–Trinajstić information content (AvgIpc) is 2.44. The number of carbonyl (C=O) groups is 3. The van der Waals surface area contributed by atoms with E-state index in [4.69, 9.17) is 14.9 Å². The zero-order chi connectivity index (χ0) is 17.1. The number of carbonyl (C=O) groups excluding carboxylic acids is 1. The van der Waals surface area contributed by atoms with Crippen molar-refractivity contribution in [3.05, 3.63) is 12.2 Å². The first-order valence-electron chi connectivity index (χ1n) is 7.30. The minimum Gasteiger partial charge on any atom is -0.481 e. The number of ether oxygens (including phenoxy) is 1. The molecule has 0 saturated heterocycles. The van der Waals surface area contributed by atoms with Crippen LogP contribution < -0.4 is 5.32 Å². The molecule has 7 nitrogen and oxygen atoms in total. The molecule has 0 aliphatic rings. The SMILES string of the molecule is C=C(CC(=O)NCCCOC(CC)CC(C)C(=O)O)C(=O)O. The van der Waals surface area contributed by atoms with Gasteiger partial charge in [-0.2, -0.15) is 0 Å². The Labute approximate surface area is 130 Å². The monoisotopic (exact) mass is 315 g/mol. The fourth-order valence-corrected chi connectivity index (χ4v) is 1.73. The third kappa shape index (κ3) is 9.12. The molecular formula is C15H25NO6. The first-order valence-corrected chi connectivity index (χ1v) is 7.30. The van der Waals surface area contributed by atoms with Crippen molar-refractivity contribution >= 4 is 17.8 Å². The molecule has 2 unspecified atom stereocenters. The molecule has 2 atom stereocenters. The number of carboxylic acids is 2. The molecule has 0 heterocycles. The lowest BCUT2D eigenvalue weighted by Gasteiger charge is -2.18. The van der Waals surface area contributed by atoms with E-state index in [2.05, 4.69) is 11.9 Å². The van der Waals surface area contributed by atoms with Crippen LogP contribution in [0.15, 0.2) is 12.2 Å². The maximum absolute atomic E-state index is 11.4. The molecule has 0 rings (SSSR count). The highest BCUT2D eigenvalue weighted by Crippen LogP contribution is 2.12. The van der Waals surface area contributed by atoms with E-state index in [0.29, 0.717) is 26.0 Å². The molecule has 3 N–H and O–H groups in total. The van der Waals surface area contributed by atoms with E-state index in [1.165, 1.54) is 0 Å². The van der Waals surface area contributed by atoms with E-state index in [1.54, 1.807) is 6.92 Å². The van der Waals surface area contributed by atoms with Gasteiger partial charge in [-0.3, -0.25) is 9.59 Å². The van der Waals surface area contributed by atoms with Crippen LogP contribution in [-0.2, 0) is 19.1 Å². The van der Waals surface area contributed by atoms with Crippen LogP contribution >= 0.6 is 0 Å². The van der Waals surface area contributed by atoms with Gasteiger partial charge in [0.25, 0.3) is 0 Å². The molecule has 22 heavy (non-hydrogen) atoms. The molecule has 0 aliphatic heterocycles. The average molecular weight is 315 g/mol. The van der Waals surface area contributed by atoms with Crippen molar-refractivity contribution in [2.45, 2.75) is 45.6 Å². The van der Waals surface area contributed by atoms with E-state index in [1.807, 2.05) is 6.92 Å². The Balaban J connectivity index is 3.82. The quantitative estimate of drug-likeness (QED) is 0.371. The molecule has 1 amide bonds. The summed E-state index contributed by atoms with van der Waals surface area (Å²) < 4.78 is 5.59. The van der Waals surface area contributed by atoms with Gasteiger partial charge < -0.3 is 20.3 Å². The Morgan fingerprint density at radius 3 is 2.41 bits per heavy atom. The summed E-state index contributed by atoms with van der Waals surface area (Å²) in [6, 6.07) is 0. The summed E-state index contributed by atoms with van der Waals surface area (Å²) in [7, 11) is 0. The Kier molecular flexibility index (Phi) is 9.86. The van der Waals surface area contributed by atoms with Gasteiger partial charge in [-0.15, -0.1) is 0 Å². The van der Waals surface area contributed by atoms with Gasteiger partial charge in [0.1, 0.15) is 0 Å². The lowest BCUT2D eigenvalue weighted by molar-refractivity contribution is -0.142. The smallest absolute Gasteiger partial charge is 0.331 e. The highest BCUT2D eigenvalue weighted by Gasteiger charge is 2.17. The maximum atomic E-state index is 11.4. The van der Waals surface area contributed by atoms with E-state index in [-0.39, 0.29) is 24.0 Å². The Hall–Kier alpha value is -1.89. The Bertz CT molecular complexity index is 407. The highest BCUT2D eigenvalue weighted by molar-refractivity contribution is 5.93. The lowest BCUT2D eigenvalue weighted by atomic mass is 10.0. The van der Waals surface area contributed by atoms with Crippen LogP contribution in [0.5, 0.6) is 0 Å². The molecule has 126 valence electrons. The van der Waals surface area contributed by atoms with Gasteiger partial charge in [0, 0.05) is 18.7 Å². The number of hydrogen-bond acceptors (Lipinski definition) is 4. The molecule has 0 fully saturated rings. The third-order valence-electron chi connectivity index (χ3n) is 3.17. The summed E-state index contributed by atoms with van der Waals surface area (Å²) in [5.74, 6) is -2.87. The van der Waals surface area contributed by atoms with Crippen LogP contribution in [0.25, 0.3) is 0 Å². The molecule has 7 heteroatoms. The predicted molar refractivity (Wildman–Crippen MR) is 80.5 cm³/mol. The maximum Gasteiger partial charge on any atom is 0.331 e. The van der Waals surface area contributed by atoms with Crippen LogP contribution in [0.3, 0.4) is 0 Å². The van der Waals surface area contributed by atoms with Crippen LogP contribution in [0.1, 0.15) is 39.5 Å². The third-order valence-corrected chi connectivity index (χ3v) is 3.17. The number of carboxylic acid groups (broad SMARTS) is 2. The largest absolute Gasteiger partial charge is 0.481 e. The van der Waals surface area contributed by atoms with Crippen LogP contribution in [0.4, 0.5) is 0 Å². The normalized spacial score (nSPS) is 13.2. The van der Waals surface area contributed by atoms with Crippen molar-refractivity contribution in [1.82, 2.24) is 5.32 Å². The van der Waals surface area contributed by atoms with Gasteiger partial charge in [0.15, 0.2) is 0 Å². The van der Waals surface area contributed by atoms with E-state index < -0.39 is 17.9 Å². The topological polar surface area (TPSA) is 113 Å². The summed E-state index contributed by atoms with van der Waals surface area (Å²) in [5.41, 5.74) is -0.151. The van der Waals surface area contributed by atoms with Crippen LogP contribution in [-0.4, -0.2) is 47.3 Å². The molecule has 0 saturated carbocycles.